The van der Waals surface area contributed by atoms with Gasteiger partial charge in [0, 0.05) is 6.42 Å². The van der Waals surface area contributed by atoms with Crippen molar-refractivity contribution in [2.75, 3.05) is 6.54 Å². The molecule has 2 amide bonds. The topological polar surface area (TPSA) is 91.2 Å². The van der Waals surface area contributed by atoms with Crippen LogP contribution < -0.4 is 10.6 Å². The van der Waals surface area contributed by atoms with Gasteiger partial charge in [-0.05, 0) is 33.3 Å². The third-order valence-corrected chi connectivity index (χ3v) is 2.87. The molecule has 0 saturated heterocycles. The summed E-state index contributed by atoms with van der Waals surface area (Å²) < 4.78 is 5.19. The van der Waals surface area contributed by atoms with E-state index in [9.17, 15) is 9.59 Å². The van der Waals surface area contributed by atoms with Gasteiger partial charge in [0.15, 0.2) is 0 Å². The molecule has 0 fully saturated rings. The zero-order valence-corrected chi connectivity index (χ0v) is 14.0. The highest BCUT2D eigenvalue weighted by atomic mass is 16.6. The smallest absolute Gasteiger partial charge is 0.408 e. The van der Waals surface area contributed by atoms with Gasteiger partial charge in [0.25, 0.3) is 0 Å². The largest absolute Gasteiger partial charge is 0.444 e. The zero-order chi connectivity index (χ0) is 17.5. The molecule has 2 N–H and O–H groups in total. The second kappa shape index (κ2) is 8.18. The first-order valence-corrected chi connectivity index (χ1v) is 7.41. The van der Waals surface area contributed by atoms with E-state index in [0.717, 1.165) is 11.1 Å². The van der Waals surface area contributed by atoms with E-state index in [2.05, 4.69) is 10.6 Å². The number of hydrogen-bond donors (Lipinski definition) is 2. The number of benzene rings is 1. The molecule has 1 aromatic rings. The average Bonchev–Trinajstić information content (AvgIpc) is 2.42. The molecule has 6 heteroatoms. The van der Waals surface area contributed by atoms with Crippen molar-refractivity contribution in [1.29, 1.82) is 5.26 Å². The molecule has 0 spiro atoms. The van der Waals surface area contributed by atoms with E-state index in [4.69, 9.17) is 10.00 Å². The predicted molar refractivity (Wildman–Crippen MR) is 86.7 cm³/mol. The Morgan fingerprint density at radius 1 is 1.35 bits per heavy atom. The van der Waals surface area contributed by atoms with Crippen molar-refractivity contribution in [3.8, 4) is 6.07 Å². The van der Waals surface area contributed by atoms with E-state index in [1.54, 1.807) is 20.8 Å². The van der Waals surface area contributed by atoms with E-state index in [1.165, 1.54) is 0 Å². The van der Waals surface area contributed by atoms with Crippen LogP contribution in [0.4, 0.5) is 4.79 Å². The molecule has 0 aromatic heterocycles. The summed E-state index contributed by atoms with van der Waals surface area (Å²) in [5, 5.41) is 13.6. The van der Waals surface area contributed by atoms with Crippen molar-refractivity contribution in [3.63, 3.8) is 0 Å². The van der Waals surface area contributed by atoms with E-state index < -0.39 is 23.6 Å². The van der Waals surface area contributed by atoms with E-state index in [0.29, 0.717) is 6.42 Å². The van der Waals surface area contributed by atoms with Gasteiger partial charge in [-0.25, -0.2) is 4.79 Å². The summed E-state index contributed by atoms with van der Waals surface area (Å²) in [7, 11) is 0. The van der Waals surface area contributed by atoms with Crippen LogP contribution >= 0.6 is 0 Å². The SMILES string of the molecule is Cc1cccc(CC(NC(=O)OC(C)(C)C)C(=O)NCC#N)c1. The Balaban J connectivity index is 2.82. The third-order valence-electron chi connectivity index (χ3n) is 2.87. The maximum Gasteiger partial charge on any atom is 0.408 e. The van der Waals surface area contributed by atoms with Crippen molar-refractivity contribution in [2.24, 2.45) is 0 Å². The number of alkyl carbamates (subject to hydrolysis) is 1. The molecule has 0 aliphatic rings. The summed E-state index contributed by atoms with van der Waals surface area (Å²) in [5.74, 6) is -0.418. The minimum absolute atomic E-state index is 0.112. The maximum atomic E-state index is 12.2. The summed E-state index contributed by atoms with van der Waals surface area (Å²) in [4.78, 5) is 24.1. The highest BCUT2D eigenvalue weighted by Crippen LogP contribution is 2.10. The number of amides is 2. The van der Waals surface area contributed by atoms with E-state index in [1.807, 2.05) is 37.3 Å². The van der Waals surface area contributed by atoms with Crippen LogP contribution in [0.2, 0.25) is 0 Å². The molecule has 0 bridgehead atoms. The number of nitrogens with zero attached hydrogens (tertiary/aromatic N) is 1. The lowest BCUT2D eigenvalue weighted by molar-refractivity contribution is -0.122. The van der Waals surface area contributed by atoms with Crippen LogP contribution in [0, 0.1) is 18.3 Å². The van der Waals surface area contributed by atoms with Crippen LogP contribution in [0.5, 0.6) is 0 Å². The fourth-order valence-electron chi connectivity index (χ4n) is 1.98. The molecular formula is C17H23N3O3. The van der Waals surface area contributed by atoms with Crippen molar-refractivity contribution >= 4 is 12.0 Å². The van der Waals surface area contributed by atoms with Crippen LogP contribution in [-0.2, 0) is 16.0 Å². The molecule has 0 radical (unpaired) electrons. The van der Waals surface area contributed by atoms with Gasteiger partial charge in [-0.1, -0.05) is 29.8 Å². The first-order chi connectivity index (χ1) is 10.7. The molecule has 1 aromatic carbocycles. The van der Waals surface area contributed by atoms with Gasteiger partial charge in [-0.3, -0.25) is 4.79 Å². The van der Waals surface area contributed by atoms with Crippen LogP contribution in [0.15, 0.2) is 24.3 Å². The zero-order valence-electron chi connectivity index (χ0n) is 14.0. The standard InChI is InChI=1S/C17H23N3O3/c1-12-6-5-7-13(10-12)11-14(15(21)19-9-8-18)20-16(22)23-17(2,3)4/h5-7,10,14H,9,11H2,1-4H3,(H,19,21)(H,20,22). The first kappa shape index (κ1) is 18.5. The Morgan fingerprint density at radius 2 is 2.04 bits per heavy atom. The summed E-state index contributed by atoms with van der Waals surface area (Å²) in [6.45, 7) is 7.09. The second-order valence-electron chi connectivity index (χ2n) is 6.27. The molecule has 124 valence electrons. The highest BCUT2D eigenvalue weighted by Gasteiger charge is 2.24. The van der Waals surface area contributed by atoms with Gasteiger partial charge in [-0.15, -0.1) is 0 Å². The highest BCUT2D eigenvalue weighted by molar-refractivity contribution is 5.86. The van der Waals surface area contributed by atoms with Gasteiger partial charge in [0.2, 0.25) is 5.91 Å². The number of nitrogens with one attached hydrogen (secondary N) is 2. The summed E-state index contributed by atoms with van der Waals surface area (Å²) >= 11 is 0. The Kier molecular flexibility index (Phi) is 6.58. The molecule has 1 unspecified atom stereocenters. The fourth-order valence-corrected chi connectivity index (χ4v) is 1.98. The van der Waals surface area contributed by atoms with Gasteiger partial charge >= 0.3 is 6.09 Å². The van der Waals surface area contributed by atoms with Gasteiger partial charge in [0.05, 0.1) is 6.07 Å². The van der Waals surface area contributed by atoms with Crippen molar-refractivity contribution in [1.82, 2.24) is 10.6 Å². The van der Waals surface area contributed by atoms with Crippen molar-refractivity contribution in [3.05, 3.63) is 35.4 Å². The number of aryl methyl sites for hydroxylation is 1. The summed E-state index contributed by atoms with van der Waals surface area (Å²) in [6, 6.07) is 8.71. The molecule has 0 aliphatic carbocycles. The molecule has 0 heterocycles. The molecular weight excluding hydrogens is 294 g/mol. The van der Waals surface area contributed by atoms with Gasteiger partial charge < -0.3 is 15.4 Å². The molecule has 1 rings (SSSR count). The normalized spacial score (nSPS) is 12.0. The lowest BCUT2D eigenvalue weighted by atomic mass is 10.0. The maximum absolute atomic E-state index is 12.2. The monoisotopic (exact) mass is 317 g/mol. The predicted octanol–water partition coefficient (Wildman–Crippen LogP) is 2.07. The van der Waals surface area contributed by atoms with Gasteiger partial charge in [0.1, 0.15) is 18.2 Å². The van der Waals surface area contributed by atoms with Gasteiger partial charge in [-0.2, -0.15) is 5.26 Å². The number of ether oxygens (including phenoxy) is 1. The summed E-state index contributed by atoms with van der Waals surface area (Å²) in [5.41, 5.74) is 1.33. The van der Waals surface area contributed by atoms with Crippen LogP contribution in [0.25, 0.3) is 0 Å². The molecule has 0 aliphatic heterocycles. The minimum atomic E-state index is -0.806. The summed E-state index contributed by atoms with van der Waals surface area (Å²) in [6.07, 6.45) is -0.347. The van der Waals surface area contributed by atoms with Crippen LogP contribution in [-0.4, -0.2) is 30.2 Å². The van der Waals surface area contributed by atoms with Crippen LogP contribution in [0.1, 0.15) is 31.9 Å². The Bertz CT molecular complexity index is 600. The molecule has 23 heavy (non-hydrogen) atoms. The quantitative estimate of drug-likeness (QED) is 0.813. The third kappa shape index (κ3) is 7.32. The van der Waals surface area contributed by atoms with Crippen molar-refractivity contribution < 1.29 is 14.3 Å². The number of hydrogen-bond acceptors (Lipinski definition) is 4. The Morgan fingerprint density at radius 3 is 2.61 bits per heavy atom. The number of carbonyl (C=O) groups is 2. The number of carbonyl (C=O) groups excluding carboxylic acids is 2. The fraction of sp³-hybridized carbons (Fsp3) is 0.471. The average molecular weight is 317 g/mol. The number of nitriles is 1. The second-order valence-corrected chi connectivity index (χ2v) is 6.27. The lowest BCUT2D eigenvalue weighted by Gasteiger charge is -2.23. The Labute approximate surface area is 136 Å². The first-order valence-electron chi connectivity index (χ1n) is 7.41. The minimum Gasteiger partial charge on any atom is -0.444 e. The Hall–Kier alpha value is -2.55. The number of rotatable bonds is 5. The molecule has 6 nitrogen and oxygen atoms in total. The van der Waals surface area contributed by atoms with E-state index >= 15 is 0 Å². The van der Waals surface area contributed by atoms with E-state index in [-0.39, 0.29) is 6.54 Å². The molecule has 0 saturated carbocycles. The molecule has 1 atom stereocenters. The lowest BCUT2D eigenvalue weighted by Crippen LogP contribution is -2.49. The van der Waals surface area contributed by atoms with Crippen molar-refractivity contribution in [2.45, 2.75) is 45.8 Å². The van der Waals surface area contributed by atoms with Crippen LogP contribution in [0.3, 0.4) is 0 Å².